The third-order valence-electron chi connectivity index (χ3n) is 4.29. The van der Waals surface area contributed by atoms with E-state index < -0.39 is 34.3 Å². The average molecular weight is 457 g/mol. The fourth-order valence-corrected chi connectivity index (χ4v) is 4.57. The molecular formula is C20H22ClFN2O5S. The Morgan fingerprint density at radius 3 is 2.40 bits per heavy atom. The molecule has 7 nitrogen and oxygen atoms in total. The predicted molar refractivity (Wildman–Crippen MR) is 112 cm³/mol. The molecular weight excluding hydrogens is 435 g/mol. The third kappa shape index (κ3) is 5.56. The summed E-state index contributed by atoms with van der Waals surface area (Å²) in [5.41, 5.74) is 0.356. The van der Waals surface area contributed by atoms with Gasteiger partial charge in [0.05, 0.1) is 16.1 Å². The Hall–Kier alpha value is -2.49. The van der Waals surface area contributed by atoms with Gasteiger partial charge in [0.1, 0.15) is 5.82 Å². The number of ether oxygens (including phenoxy) is 1. The van der Waals surface area contributed by atoms with Gasteiger partial charge in [0.15, 0.2) is 6.61 Å². The first-order valence-electron chi connectivity index (χ1n) is 9.13. The fraction of sp³-hybridized carbons (Fsp3) is 0.300. The van der Waals surface area contributed by atoms with E-state index in [4.69, 9.17) is 16.3 Å². The Morgan fingerprint density at radius 1 is 1.13 bits per heavy atom. The van der Waals surface area contributed by atoms with Gasteiger partial charge in [-0.3, -0.25) is 4.79 Å². The highest BCUT2D eigenvalue weighted by molar-refractivity contribution is 7.89. The van der Waals surface area contributed by atoms with Gasteiger partial charge in [0, 0.05) is 18.1 Å². The molecule has 2 aromatic carbocycles. The molecule has 2 rings (SSSR count). The van der Waals surface area contributed by atoms with Gasteiger partial charge in [-0.2, -0.15) is 4.31 Å². The number of halogens is 2. The molecule has 2 aromatic rings. The van der Waals surface area contributed by atoms with E-state index in [2.05, 4.69) is 5.32 Å². The van der Waals surface area contributed by atoms with Crippen LogP contribution in [0.4, 0.5) is 10.1 Å². The van der Waals surface area contributed by atoms with Crippen molar-refractivity contribution in [3.8, 4) is 0 Å². The van der Waals surface area contributed by atoms with Gasteiger partial charge in [0.25, 0.3) is 5.91 Å². The Bertz CT molecular complexity index is 1060. The lowest BCUT2D eigenvalue weighted by Crippen LogP contribution is -2.31. The minimum absolute atomic E-state index is 0.00617. The maximum Gasteiger partial charge on any atom is 0.338 e. The number of aryl methyl sites for hydroxylation is 1. The number of hydrogen-bond acceptors (Lipinski definition) is 5. The number of rotatable bonds is 8. The molecule has 0 spiro atoms. The lowest BCUT2D eigenvalue weighted by molar-refractivity contribution is -0.119. The van der Waals surface area contributed by atoms with Crippen molar-refractivity contribution < 1.29 is 27.1 Å². The molecule has 0 fully saturated rings. The topological polar surface area (TPSA) is 92.8 Å². The van der Waals surface area contributed by atoms with Gasteiger partial charge in [-0.1, -0.05) is 31.5 Å². The van der Waals surface area contributed by atoms with Gasteiger partial charge < -0.3 is 10.1 Å². The Balaban J connectivity index is 2.11. The zero-order valence-corrected chi connectivity index (χ0v) is 18.3. The van der Waals surface area contributed by atoms with Crippen molar-refractivity contribution in [2.45, 2.75) is 25.7 Å². The smallest absolute Gasteiger partial charge is 0.338 e. The van der Waals surface area contributed by atoms with E-state index in [9.17, 15) is 22.4 Å². The normalized spacial score (nSPS) is 11.4. The van der Waals surface area contributed by atoms with Crippen molar-refractivity contribution in [3.63, 3.8) is 0 Å². The second-order valence-corrected chi connectivity index (χ2v) is 8.66. The first-order valence-corrected chi connectivity index (χ1v) is 10.9. The van der Waals surface area contributed by atoms with Gasteiger partial charge in [-0.05, 0) is 42.8 Å². The zero-order valence-electron chi connectivity index (χ0n) is 16.7. The van der Waals surface area contributed by atoms with E-state index in [1.807, 2.05) is 0 Å². The Kier molecular flexibility index (Phi) is 7.94. The van der Waals surface area contributed by atoms with Gasteiger partial charge in [0.2, 0.25) is 10.0 Å². The van der Waals surface area contributed by atoms with Crippen molar-refractivity contribution in [3.05, 3.63) is 58.4 Å². The van der Waals surface area contributed by atoms with Crippen LogP contribution in [0.25, 0.3) is 0 Å². The van der Waals surface area contributed by atoms with Crippen molar-refractivity contribution in [1.82, 2.24) is 4.31 Å². The zero-order chi connectivity index (χ0) is 22.5. The molecule has 0 atom stereocenters. The van der Waals surface area contributed by atoms with E-state index in [0.717, 1.165) is 6.07 Å². The minimum atomic E-state index is -3.77. The third-order valence-corrected chi connectivity index (χ3v) is 6.71. The number of anilines is 1. The highest BCUT2D eigenvalue weighted by Gasteiger charge is 2.25. The standard InChI is InChI=1S/C20H22ClFN2O5S/c1-4-24(5-2)30(27,28)18-10-14(7-6-13(18)3)20(26)29-12-19(25)23-17-9-8-15(21)11-16(17)22/h6-11H,4-5,12H2,1-3H3,(H,23,25). The molecule has 0 unspecified atom stereocenters. The highest BCUT2D eigenvalue weighted by Crippen LogP contribution is 2.22. The molecule has 0 saturated carbocycles. The van der Waals surface area contributed by atoms with Crippen LogP contribution in [0, 0.1) is 12.7 Å². The van der Waals surface area contributed by atoms with Crippen molar-refractivity contribution >= 4 is 39.2 Å². The van der Waals surface area contributed by atoms with Gasteiger partial charge in [-0.25, -0.2) is 17.6 Å². The number of nitrogens with zero attached hydrogens (tertiary/aromatic N) is 1. The fourth-order valence-electron chi connectivity index (χ4n) is 2.70. The number of carbonyl (C=O) groups is 2. The van der Waals surface area contributed by atoms with Crippen LogP contribution in [0.2, 0.25) is 5.02 Å². The maximum absolute atomic E-state index is 13.7. The molecule has 0 aliphatic rings. The number of sulfonamides is 1. The molecule has 0 saturated heterocycles. The molecule has 0 heterocycles. The van der Waals surface area contributed by atoms with Gasteiger partial charge >= 0.3 is 5.97 Å². The van der Waals surface area contributed by atoms with Crippen molar-refractivity contribution in [2.24, 2.45) is 0 Å². The van der Waals surface area contributed by atoms with Crippen molar-refractivity contribution in [2.75, 3.05) is 25.0 Å². The molecule has 1 amide bonds. The minimum Gasteiger partial charge on any atom is -0.452 e. The molecule has 10 heteroatoms. The summed E-state index contributed by atoms with van der Waals surface area (Å²) in [7, 11) is -3.77. The molecule has 0 radical (unpaired) electrons. The summed E-state index contributed by atoms with van der Waals surface area (Å²) < 4.78 is 45.5. The summed E-state index contributed by atoms with van der Waals surface area (Å²) in [6.07, 6.45) is 0. The number of hydrogen-bond donors (Lipinski definition) is 1. The summed E-state index contributed by atoms with van der Waals surface area (Å²) in [6, 6.07) is 7.85. The predicted octanol–water partition coefficient (Wildman–Crippen LogP) is 3.61. The van der Waals surface area contributed by atoms with Crippen LogP contribution in [0.1, 0.15) is 29.8 Å². The maximum atomic E-state index is 13.7. The number of benzene rings is 2. The molecule has 30 heavy (non-hydrogen) atoms. The van der Waals surface area contributed by atoms with Crippen LogP contribution in [0.3, 0.4) is 0 Å². The molecule has 162 valence electrons. The quantitative estimate of drug-likeness (QED) is 0.612. The van der Waals surface area contributed by atoms with Crippen LogP contribution in [-0.2, 0) is 19.6 Å². The van der Waals surface area contributed by atoms with Crippen LogP contribution >= 0.6 is 11.6 Å². The van der Waals surface area contributed by atoms with E-state index in [0.29, 0.717) is 5.56 Å². The first kappa shape index (κ1) is 23.8. The lowest BCUT2D eigenvalue weighted by atomic mass is 10.1. The van der Waals surface area contributed by atoms with E-state index in [1.54, 1.807) is 20.8 Å². The van der Waals surface area contributed by atoms with E-state index in [-0.39, 0.29) is 34.3 Å². The van der Waals surface area contributed by atoms with E-state index in [1.165, 1.54) is 34.6 Å². The van der Waals surface area contributed by atoms with Crippen LogP contribution in [0.15, 0.2) is 41.3 Å². The highest BCUT2D eigenvalue weighted by atomic mass is 35.5. The Labute approximate surface area is 179 Å². The molecule has 0 aliphatic carbocycles. The Morgan fingerprint density at radius 2 is 1.80 bits per heavy atom. The molecule has 0 aliphatic heterocycles. The second kappa shape index (κ2) is 10.0. The first-order chi connectivity index (χ1) is 14.1. The summed E-state index contributed by atoms with van der Waals surface area (Å²) in [6.45, 7) is 4.96. The summed E-state index contributed by atoms with van der Waals surface area (Å²) in [4.78, 5) is 24.2. The average Bonchev–Trinajstić information content (AvgIpc) is 2.69. The van der Waals surface area contributed by atoms with Gasteiger partial charge in [-0.15, -0.1) is 0 Å². The SMILES string of the molecule is CCN(CC)S(=O)(=O)c1cc(C(=O)OCC(=O)Nc2ccc(Cl)cc2F)ccc1C. The lowest BCUT2D eigenvalue weighted by Gasteiger charge is -2.20. The number of amides is 1. The monoisotopic (exact) mass is 456 g/mol. The summed E-state index contributed by atoms with van der Waals surface area (Å²) >= 11 is 5.65. The summed E-state index contributed by atoms with van der Waals surface area (Å²) in [5.74, 6) is -2.36. The van der Waals surface area contributed by atoms with Crippen LogP contribution in [-0.4, -0.2) is 44.3 Å². The number of esters is 1. The molecule has 0 bridgehead atoms. The summed E-state index contributed by atoms with van der Waals surface area (Å²) in [5, 5.41) is 2.44. The largest absolute Gasteiger partial charge is 0.452 e. The number of carbonyl (C=O) groups excluding carboxylic acids is 2. The molecule has 0 aromatic heterocycles. The molecule has 1 N–H and O–H groups in total. The number of nitrogens with one attached hydrogen (secondary N) is 1. The van der Waals surface area contributed by atoms with Crippen LogP contribution in [0.5, 0.6) is 0 Å². The van der Waals surface area contributed by atoms with Crippen LogP contribution < -0.4 is 5.32 Å². The van der Waals surface area contributed by atoms with E-state index >= 15 is 0 Å². The second-order valence-electron chi connectivity index (χ2n) is 6.32. The van der Waals surface area contributed by atoms with Crippen molar-refractivity contribution in [1.29, 1.82) is 0 Å².